The Morgan fingerprint density at radius 1 is 1.38 bits per heavy atom. The first kappa shape index (κ1) is 13.7. The largest absolute Gasteiger partial charge is 0.497 e. The summed E-state index contributed by atoms with van der Waals surface area (Å²) in [7, 11) is 3.67. The molecule has 1 aliphatic rings. The van der Waals surface area contributed by atoms with Crippen molar-refractivity contribution in [3.8, 4) is 23.1 Å². The van der Waals surface area contributed by atoms with E-state index in [9.17, 15) is 0 Å². The molecule has 0 saturated carbocycles. The van der Waals surface area contributed by atoms with Crippen LogP contribution >= 0.6 is 0 Å². The van der Waals surface area contributed by atoms with Gasteiger partial charge in [-0.2, -0.15) is 10.4 Å². The Bertz CT molecular complexity index is 679. The van der Waals surface area contributed by atoms with Gasteiger partial charge in [-0.25, -0.2) is 0 Å². The predicted octanol–water partition coefficient (Wildman–Crippen LogP) is 3.43. The fourth-order valence-corrected chi connectivity index (χ4v) is 3.24. The third kappa shape index (κ3) is 2.40. The third-order valence-corrected chi connectivity index (χ3v) is 4.28. The Kier molecular flexibility index (Phi) is 3.66. The molecule has 3 rings (SSSR count). The molecule has 0 radical (unpaired) electrons. The zero-order valence-electron chi connectivity index (χ0n) is 12.5. The summed E-state index contributed by atoms with van der Waals surface area (Å²) in [4.78, 5) is 0. The van der Waals surface area contributed by atoms with Crippen LogP contribution in [0.1, 0.15) is 36.4 Å². The van der Waals surface area contributed by atoms with Crippen molar-refractivity contribution in [1.82, 2.24) is 9.78 Å². The molecule has 1 aromatic heterocycles. The minimum atomic E-state index is 0.310. The number of aromatic nitrogens is 2. The highest BCUT2D eigenvalue weighted by molar-refractivity contribution is 5.66. The van der Waals surface area contributed by atoms with Crippen LogP contribution in [0.25, 0.3) is 11.3 Å². The maximum atomic E-state index is 9.09. The molecule has 21 heavy (non-hydrogen) atoms. The first-order valence-electron chi connectivity index (χ1n) is 7.31. The summed E-state index contributed by atoms with van der Waals surface area (Å²) in [6.45, 7) is 0. The number of fused-ring (bicyclic) bond motifs is 1. The number of benzene rings is 1. The van der Waals surface area contributed by atoms with E-state index >= 15 is 0 Å². The van der Waals surface area contributed by atoms with Crippen molar-refractivity contribution >= 4 is 0 Å². The molecular weight excluding hydrogens is 262 g/mol. The molecule has 108 valence electrons. The van der Waals surface area contributed by atoms with Crippen LogP contribution in [0.2, 0.25) is 0 Å². The number of hydrogen-bond donors (Lipinski definition) is 0. The van der Waals surface area contributed by atoms with E-state index < -0.39 is 0 Å². The summed E-state index contributed by atoms with van der Waals surface area (Å²) in [5.41, 5.74) is 4.68. The lowest BCUT2D eigenvalue weighted by molar-refractivity contribution is 0.415. The fraction of sp³-hybridized carbons (Fsp3) is 0.412. The topological polar surface area (TPSA) is 50.8 Å². The molecule has 0 bridgehead atoms. The number of rotatable bonds is 3. The van der Waals surface area contributed by atoms with E-state index in [-0.39, 0.29) is 0 Å². The summed E-state index contributed by atoms with van der Waals surface area (Å²) < 4.78 is 7.20. The van der Waals surface area contributed by atoms with Gasteiger partial charge in [0.05, 0.1) is 18.9 Å². The summed E-state index contributed by atoms with van der Waals surface area (Å²) in [5.74, 6) is 1.15. The fourth-order valence-electron chi connectivity index (χ4n) is 3.24. The van der Waals surface area contributed by atoms with Gasteiger partial charge in [0.1, 0.15) is 5.75 Å². The van der Waals surface area contributed by atoms with Gasteiger partial charge in [-0.15, -0.1) is 0 Å². The molecule has 1 heterocycles. The minimum absolute atomic E-state index is 0.310. The normalized spacial score (nSPS) is 17.1. The van der Waals surface area contributed by atoms with Crippen molar-refractivity contribution in [2.45, 2.75) is 31.6 Å². The smallest absolute Gasteiger partial charge is 0.118 e. The standard InChI is InChI=1S/C17H19N3O/c1-20-15-5-3-4-12(10-11-18)16(15)17(19-20)13-6-8-14(21-2)9-7-13/h6-9,12H,3-5,10H2,1-2H3. The average Bonchev–Trinajstić information content (AvgIpc) is 2.86. The number of nitrogens with zero attached hydrogens (tertiary/aromatic N) is 3. The van der Waals surface area contributed by atoms with Gasteiger partial charge in [0.15, 0.2) is 0 Å². The number of ether oxygens (including phenoxy) is 1. The van der Waals surface area contributed by atoms with Crippen LogP contribution < -0.4 is 4.74 Å². The van der Waals surface area contributed by atoms with Crippen molar-refractivity contribution < 1.29 is 4.74 Å². The lowest BCUT2D eigenvalue weighted by atomic mass is 9.82. The number of hydrogen-bond acceptors (Lipinski definition) is 3. The van der Waals surface area contributed by atoms with Gasteiger partial charge in [0, 0.05) is 36.2 Å². The van der Waals surface area contributed by atoms with Crippen LogP contribution in [0.4, 0.5) is 0 Å². The maximum absolute atomic E-state index is 9.09. The van der Waals surface area contributed by atoms with E-state index in [0.29, 0.717) is 12.3 Å². The van der Waals surface area contributed by atoms with Crippen LogP contribution in [-0.2, 0) is 13.5 Å². The van der Waals surface area contributed by atoms with Crippen molar-refractivity contribution in [1.29, 1.82) is 5.26 Å². The lowest BCUT2D eigenvalue weighted by Crippen LogP contribution is -2.11. The van der Waals surface area contributed by atoms with Crippen LogP contribution in [0, 0.1) is 11.3 Å². The van der Waals surface area contributed by atoms with Crippen LogP contribution in [0.5, 0.6) is 5.75 Å². The van der Waals surface area contributed by atoms with Gasteiger partial charge >= 0.3 is 0 Å². The Balaban J connectivity index is 2.08. The first-order valence-corrected chi connectivity index (χ1v) is 7.31. The predicted molar refractivity (Wildman–Crippen MR) is 81.1 cm³/mol. The highest BCUT2D eigenvalue weighted by atomic mass is 16.5. The average molecular weight is 281 g/mol. The summed E-state index contributed by atoms with van der Waals surface area (Å²) in [5, 5.41) is 13.8. The van der Waals surface area contributed by atoms with E-state index in [2.05, 4.69) is 6.07 Å². The van der Waals surface area contributed by atoms with Gasteiger partial charge in [-0.3, -0.25) is 4.68 Å². The monoisotopic (exact) mass is 281 g/mol. The molecule has 0 N–H and O–H groups in total. The molecule has 0 spiro atoms. The van der Waals surface area contributed by atoms with Crippen LogP contribution in [0.15, 0.2) is 24.3 Å². The van der Waals surface area contributed by atoms with Gasteiger partial charge < -0.3 is 4.74 Å². The molecule has 0 amide bonds. The highest BCUT2D eigenvalue weighted by Crippen LogP contribution is 2.40. The molecule has 4 heteroatoms. The molecule has 0 aliphatic heterocycles. The second-order valence-electron chi connectivity index (χ2n) is 5.51. The summed E-state index contributed by atoms with van der Waals surface area (Å²) in [6.07, 6.45) is 3.84. The van der Waals surface area contributed by atoms with E-state index in [0.717, 1.165) is 36.3 Å². The quantitative estimate of drug-likeness (QED) is 0.866. The Morgan fingerprint density at radius 2 is 2.14 bits per heavy atom. The number of nitriles is 1. The molecule has 0 saturated heterocycles. The molecule has 1 atom stereocenters. The molecule has 0 fully saturated rings. The van der Waals surface area contributed by atoms with E-state index in [1.807, 2.05) is 36.0 Å². The van der Waals surface area contributed by atoms with Crippen molar-refractivity contribution in [2.75, 3.05) is 7.11 Å². The Morgan fingerprint density at radius 3 is 2.81 bits per heavy atom. The van der Waals surface area contributed by atoms with Gasteiger partial charge in [0.25, 0.3) is 0 Å². The molecule has 4 nitrogen and oxygen atoms in total. The molecular formula is C17H19N3O. The zero-order valence-corrected chi connectivity index (χ0v) is 12.5. The zero-order chi connectivity index (χ0) is 14.8. The summed E-state index contributed by atoms with van der Waals surface area (Å²) in [6, 6.07) is 10.3. The second-order valence-corrected chi connectivity index (χ2v) is 5.51. The molecule has 1 aromatic carbocycles. The Labute approximate surface area is 125 Å². The van der Waals surface area contributed by atoms with E-state index in [1.165, 1.54) is 11.3 Å². The number of aryl methyl sites for hydroxylation is 1. The van der Waals surface area contributed by atoms with Gasteiger partial charge in [0.2, 0.25) is 0 Å². The Hall–Kier alpha value is -2.28. The summed E-state index contributed by atoms with van der Waals surface area (Å²) >= 11 is 0. The second kappa shape index (κ2) is 5.61. The highest BCUT2D eigenvalue weighted by Gasteiger charge is 2.28. The van der Waals surface area contributed by atoms with Crippen molar-refractivity contribution in [3.05, 3.63) is 35.5 Å². The maximum Gasteiger partial charge on any atom is 0.118 e. The molecule has 1 aliphatic carbocycles. The van der Waals surface area contributed by atoms with E-state index in [4.69, 9.17) is 15.1 Å². The SMILES string of the molecule is COc1ccc(-c2nn(C)c3c2C(CC#N)CCC3)cc1. The van der Waals surface area contributed by atoms with Gasteiger partial charge in [-0.05, 0) is 43.5 Å². The number of methoxy groups -OCH3 is 1. The first-order chi connectivity index (χ1) is 10.2. The van der Waals surface area contributed by atoms with Crippen molar-refractivity contribution in [2.24, 2.45) is 7.05 Å². The van der Waals surface area contributed by atoms with Crippen LogP contribution in [0.3, 0.4) is 0 Å². The van der Waals surface area contributed by atoms with Gasteiger partial charge in [-0.1, -0.05) is 0 Å². The third-order valence-electron chi connectivity index (χ3n) is 4.28. The molecule has 1 unspecified atom stereocenters. The van der Waals surface area contributed by atoms with Crippen molar-refractivity contribution in [3.63, 3.8) is 0 Å². The lowest BCUT2D eigenvalue weighted by Gasteiger charge is -2.21. The van der Waals surface area contributed by atoms with E-state index in [1.54, 1.807) is 7.11 Å². The van der Waals surface area contributed by atoms with Crippen LogP contribution in [-0.4, -0.2) is 16.9 Å². The minimum Gasteiger partial charge on any atom is -0.497 e. The molecule has 2 aromatic rings.